The fourth-order valence-corrected chi connectivity index (χ4v) is 2.58. The van der Waals surface area contributed by atoms with Crippen LogP contribution in [-0.2, 0) is 14.3 Å². The number of carbonyl (C=O) groups is 3. The molecule has 11 heteroatoms. The summed E-state index contributed by atoms with van der Waals surface area (Å²) in [5.41, 5.74) is 0.472. The van der Waals surface area contributed by atoms with Crippen LogP contribution in [0.3, 0.4) is 0 Å². The van der Waals surface area contributed by atoms with E-state index in [2.05, 4.69) is 14.8 Å². The molecule has 0 bridgehead atoms. The number of rotatable bonds is 7. The van der Waals surface area contributed by atoms with Gasteiger partial charge in [-0.25, -0.2) is 9.59 Å². The molecule has 2 rings (SSSR count). The summed E-state index contributed by atoms with van der Waals surface area (Å²) in [5.74, 6) is -1.78. The van der Waals surface area contributed by atoms with Crippen molar-refractivity contribution in [3.05, 3.63) is 53.1 Å². The van der Waals surface area contributed by atoms with Gasteiger partial charge in [0.2, 0.25) is 0 Å². The Morgan fingerprint density at radius 2 is 1.87 bits per heavy atom. The van der Waals surface area contributed by atoms with E-state index in [0.717, 1.165) is 11.0 Å². The van der Waals surface area contributed by atoms with Gasteiger partial charge in [0.15, 0.2) is 6.61 Å². The number of halogens is 3. The van der Waals surface area contributed by atoms with Gasteiger partial charge in [0.05, 0.1) is 23.4 Å². The van der Waals surface area contributed by atoms with E-state index >= 15 is 0 Å². The molecule has 1 N–H and O–H groups in total. The largest absolute Gasteiger partial charge is 0.452 e. The highest BCUT2D eigenvalue weighted by molar-refractivity contribution is 6.32. The molecule has 30 heavy (non-hydrogen) atoms. The number of nitrogens with one attached hydrogen (secondary N) is 1. The van der Waals surface area contributed by atoms with Gasteiger partial charge < -0.3 is 19.5 Å². The number of hydrogen-bond donors (Lipinski definition) is 1. The molecular weight excluding hydrogens is 426 g/mol. The van der Waals surface area contributed by atoms with E-state index in [4.69, 9.17) is 16.3 Å². The smallest absolute Gasteiger partial charge is 0.413 e. The third-order valence-electron chi connectivity index (χ3n) is 3.70. The minimum atomic E-state index is -3.04. The summed E-state index contributed by atoms with van der Waals surface area (Å²) in [5, 5.41) is 2.27. The Hall–Kier alpha value is -3.40. The van der Waals surface area contributed by atoms with Crippen molar-refractivity contribution in [2.75, 3.05) is 31.0 Å². The van der Waals surface area contributed by atoms with Crippen molar-refractivity contribution in [3.63, 3.8) is 0 Å². The Morgan fingerprint density at radius 3 is 2.50 bits per heavy atom. The number of hydrogen-bond acceptors (Lipinski definition) is 6. The van der Waals surface area contributed by atoms with Crippen LogP contribution >= 0.6 is 11.6 Å². The lowest BCUT2D eigenvalue weighted by Gasteiger charge is -2.18. The maximum absolute atomic E-state index is 12.3. The number of ether oxygens (including phenoxy) is 3. The highest BCUT2D eigenvalue weighted by atomic mass is 35.5. The third kappa shape index (κ3) is 6.05. The van der Waals surface area contributed by atoms with E-state index in [9.17, 15) is 23.2 Å². The van der Waals surface area contributed by atoms with E-state index in [-0.39, 0.29) is 27.7 Å². The van der Waals surface area contributed by atoms with E-state index in [1.54, 1.807) is 12.1 Å². The fraction of sp³-hybridized carbons (Fsp3) is 0.211. The molecule has 0 spiro atoms. The second-order valence-corrected chi connectivity index (χ2v) is 6.10. The van der Waals surface area contributed by atoms with Crippen LogP contribution in [0.2, 0.25) is 5.02 Å². The first-order valence-electron chi connectivity index (χ1n) is 8.35. The molecule has 0 saturated heterocycles. The van der Waals surface area contributed by atoms with Crippen LogP contribution in [0.4, 0.5) is 25.0 Å². The quantitative estimate of drug-likeness (QED) is 0.653. The first-order valence-corrected chi connectivity index (χ1v) is 8.72. The van der Waals surface area contributed by atoms with Crippen molar-refractivity contribution in [2.45, 2.75) is 6.61 Å². The van der Waals surface area contributed by atoms with Crippen molar-refractivity contribution in [3.8, 4) is 5.75 Å². The number of para-hydroxylation sites is 1. The zero-order chi connectivity index (χ0) is 22.3. The Morgan fingerprint density at radius 1 is 1.17 bits per heavy atom. The summed E-state index contributed by atoms with van der Waals surface area (Å²) in [4.78, 5) is 37.2. The Bertz CT molecular complexity index is 941. The molecule has 2 aromatic carbocycles. The fourth-order valence-electron chi connectivity index (χ4n) is 2.35. The summed E-state index contributed by atoms with van der Waals surface area (Å²) >= 11 is 5.81. The van der Waals surface area contributed by atoms with Crippen molar-refractivity contribution < 1.29 is 37.4 Å². The molecule has 0 aliphatic rings. The van der Waals surface area contributed by atoms with Gasteiger partial charge in [-0.1, -0.05) is 23.7 Å². The molecular formula is C19H17ClF2N2O6. The van der Waals surface area contributed by atoms with Crippen LogP contribution in [0.15, 0.2) is 42.5 Å². The summed E-state index contributed by atoms with van der Waals surface area (Å²) in [6.45, 7) is -3.68. The number of benzene rings is 2. The maximum Gasteiger partial charge on any atom is 0.413 e. The van der Waals surface area contributed by atoms with Gasteiger partial charge in [0.1, 0.15) is 5.75 Å². The Kier molecular flexibility index (Phi) is 7.93. The number of anilines is 2. The van der Waals surface area contributed by atoms with Crippen LogP contribution in [0.5, 0.6) is 5.75 Å². The highest BCUT2D eigenvalue weighted by Crippen LogP contribution is 2.29. The van der Waals surface area contributed by atoms with Gasteiger partial charge >= 0.3 is 18.7 Å². The molecule has 0 radical (unpaired) electrons. The summed E-state index contributed by atoms with van der Waals surface area (Å²) in [6.07, 6.45) is -0.691. The summed E-state index contributed by atoms with van der Waals surface area (Å²) in [6, 6.07) is 9.79. The van der Waals surface area contributed by atoms with Gasteiger partial charge in [-0.15, -0.1) is 0 Å². The SMILES string of the molecule is COC(=O)N(C)c1ccccc1C(=O)OCC(=O)Nc1ccc(OC(F)F)c(Cl)c1. The number of alkyl halides is 2. The summed E-state index contributed by atoms with van der Waals surface area (Å²) in [7, 11) is 2.61. The molecule has 0 aromatic heterocycles. The van der Waals surface area contributed by atoms with Crippen molar-refractivity contribution in [2.24, 2.45) is 0 Å². The van der Waals surface area contributed by atoms with Crippen molar-refractivity contribution in [1.82, 2.24) is 0 Å². The molecule has 160 valence electrons. The average Bonchev–Trinajstić information content (AvgIpc) is 2.72. The molecule has 0 aliphatic carbocycles. The molecule has 0 saturated carbocycles. The topological polar surface area (TPSA) is 94.2 Å². The predicted molar refractivity (Wildman–Crippen MR) is 104 cm³/mol. The van der Waals surface area contributed by atoms with Crippen LogP contribution in [0.25, 0.3) is 0 Å². The lowest BCUT2D eigenvalue weighted by Crippen LogP contribution is -2.28. The standard InChI is InChI=1S/C19H17ClF2N2O6/c1-24(19(27)28-2)14-6-4-3-5-12(14)17(26)29-10-16(25)23-11-7-8-15(13(20)9-11)30-18(21)22/h3-9,18H,10H2,1-2H3,(H,23,25). The number of methoxy groups -OCH3 is 1. The molecule has 0 atom stereocenters. The number of esters is 1. The van der Waals surface area contributed by atoms with Gasteiger partial charge in [-0.3, -0.25) is 9.69 Å². The summed E-state index contributed by atoms with van der Waals surface area (Å²) < 4.78 is 38.3. The zero-order valence-corrected chi connectivity index (χ0v) is 16.6. The van der Waals surface area contributed by atoms with Gasteiger partial charge in [0, 0.05) is 12.7 Å². The molecule has 0 heterocycles. The first kappa shape index (κ1) is 22.9. The van der Waals surface area contributed by atoms with Gasteiger partial charge in [-0.2, -0.15) is 8.78 Å². The van der Waals surface area contributed by atoms with E-state index in [1.807, 2.05) is 0 Å². The molecule has 0 aliphatic heterocycles. The first-order chi connectivity index (χ1) is 14.2. The predicted octanol–water partition coefficient (Wildman–Crippen LogP) is 3.94. The number of nitrogens with zero attached hydrogens (tertiary/aromatic N) is 1. The minimum Gasteiger partial charge on any atom is -0.452 e. The second kappa shape index (κ2) is 10.4. The molecule has 2 aromatic rings. The average molecular weight is 443 g/mol. The van der Waals surface area contributed by atoms with Gasteiger partial charge in [0.25, 0.3) is 5.91 Å². The van der Waals surface area contributed by atoms with Crippen LogP contribution in [-0.4, -0.2) is 45.3 Å². The second-order valence-electron chi connectivity index (χ2n) is 5.69. The van der Waals surface area contributed by atoms with E-state index < -0.39 is 31.2 Å². The number of carbonyl (C=O) groups excluding carboxylic acids is 3. The van der Waals surface area contributed by atoms with Crippen LogP contribution in [0, 0.1) is 0 Å². The highest BCUT2D eigenvalue weighted by Gasteiger charge is 2.20. The molecule has 2 amide bonds. The zero-order valence-electron chi connectivity index (χ0n) is 15.9. The van der Waals surface area contributed by atoms with Gasteiger partial charge in [-0.05, 0) is 30.3 Å². The number of amides is 2. The minimum absolute atomic E-state index is 0.0507. The Labute approximate surface area is 175 Å². The molecule has 8 nitrogen and oxygen atoms in total. The monoisotopic (exact) mass is 442 g/mol. The van der Waals surface area contributed by atoms with Crippen molar-refractivity contribution in [1.29, 1.82) is 0 Å². The van der Waals surface area contributed by atoms with E-state index in [0.29, 0.717) is 0 Å². The molecule has 0 unspecified atom stereocenters. The van der Waals surface area contributed by atoms with Crippen molar-refractivity contribution >= 4 is 40.9 Å². The lowest BCUT2D eigenvalue weighted by atomic mass is 10.1. The Balaban J connectivity index is 2.00. The normalized spacial score (nSPS) is 10.3. The van der Waals surface area contributed by atoms with E-state index in [1.165, 1.54) is 38.4 Å². The third-order valence-corrected chi connectivity index (χ3v) is 4.00. The molecule has 0 fully saturated rings. The maximum atomic E-state index is 12.3. The lowest BCUT2D eigenvalue weighted by molar-refractivity contribution is -0.119. The van der Waals surface area contributed by atoms with Crippen LogP contribution in [0.1, 0.15) is 10.4 Å². The van der Waals surface area contributed by atoms with Crippen LogP contribution < -0.4 is 15.0 Å².